The maximum atomic E-state index is 11.3. The maximum Gasteiger partial charge on any atom is 0.132 e. The molecule has 2 atom stereocenters. The molecule has 1 aliphatic rings. The zero-order valence-electron chi connectivity index (χ0n) is 16.6. The topological polar surface area (TPSA) is 117 Å². The summed E-state index contributed by atoms with van der Waals surface area (Å²) in [7, 11) is 0. The number of imidazole rings is 1. The minimum absolute atomic E-state index is 0. The number of aromatic amines is 1. The second-order valence-electron chi connectivity index (χ2n) is 7.60. The Balaban J connectivity index is 0.00000256. The average molecular weight is 427 g/mol. The Morgan fingerprint density at radius 1 is 1.27 bits per heavy atom. The van der Waals surface area contributed by atoms with Gasteiger partial charge in [0.15, 0.2) is 0 Å². The van der Waals surface area contributed by atoms with E-state index < -0.39 is 17.7 Å². The molecule has 0 radical (unpaired) electrons. The number of halogens is 1. The third-order valence-corrected chi connectivity index (χ3v) is 5.46. The molecule has 0 spiro atoms. The second-order valence-corrected chi connectivity index (χ2v) is 8.04. The number of aromatic nitrogens is 2. The van der Waals surface area contributed by atoms with Gasteiger partial charge in [0.05, 0.1) is 24.2 Å². The van der Waals surface area contributed by atoms with Crippen molar-refractivity contribution in [1.82, 2.24) is 9.97 Å². The Labute approximate surface area is 179 Å². The van der Waals surface area contributed by atoms with Crippen LogP contribution in [0.2, 0.25) is 5.02 Å². The van der Waals surface area contributed by atoms with E-state index in [1.807, 2.05) is 38.1 Å². The van der Waals surface area contributed by atoms with Gasteiger partial charge in [-0.25, -0.2) is 4.98 Å². The average Bonchev–Trinajstić information content (AvgIpc) is 3.21. The molecule has 8 heteroatoms. The Bertz CT molecular complexity index is 1050. The molecule has 0 bridgehead atoms. The monoisotopic (exact) mass is 426 g/mol. The van der Waals surface area contributed by atoms with Crippen LogP contribution in [0.1, 0.15) is 36.8 Å². The highest BCUT2D eigenvalue weighted by Gasteiger charge is 2.45. The summed E-state index contributed by atoms with van der Waals surface area (Å²) in [5.41, 5.74) is 1.33. The van der Waals surface area contributed by atoms with Crippen LogP contribution in [0, 0.1) is 11.3 Å². The Hall–Kier alpha value is -3.05. The van der Waals surface area contributed by atoms with Gasteiger partial charge in [0, 0.05) is 28.7 Å². The first-order chi connectivity index (χ1) is 13.9. The highest BCUT2D eigenvalue weighted by atomic mass is 35.5. The summed E-state index contributed by atoms with van der Waals surface area (Å²) in [5.74, 6) is 1.41. The smallest absolute Gasteiger partial charge is 0.132 e. The van der Waals surface area contributed by atoms with Gasteiger partial charge in [-0.15, -0.1) is 0 Å². The highest BCUT2D eigenvalue weighted by molar-refractivity contribution is 6.30. The summed E-state index contributed by atoms with van der Waals surface area (Å²) >= 11 is 6.10. The second kappa shape index (κ2) is 8.36. The van der Waals surface area contributed by atoms with Crippen molar-refractivity contribution in [3.63, 3.8) is 0 Å². The van der Waals surface area contributed by atoms with E-state index in [4.69, 9.17) is 16.3 Å². The van der Waals surface area contributed by atoms with E-state index >= 15 is 0 Å². The first kappa shape index (κ1) is 21.7. The molecule has 1 aromatic heterocycles. The molecule has 2 unspecified atom stereocenters. The number of fused-ring (bicyclic) bond motifs is 1. The van der Waals surface area contributed by atoms with Crippen LogP contribution in [-0.2, 0) is 6.54 Å². The van der Waals surface area contributed by atoms with Crippen LogP contribution >= 0.6 is 11.6 Å². The molecular weight excluding hydrogens is 404 g/mol. The first-order valence-electron chi connectivity index (χ1n) is 9.30. The van der Waals surface area contributed by atoms with Crippen molar-refractivity contribution in [2.75, 3.05) is 4.90 Å². The number of nitrogens with one attached hydrogen (secondary N) is 1. The van der Waals surface area contributed by atoms with Crippen molar-refractivity contribution >= 4 is 17.3 Å². The van der Waals surface area contributed by atoms with Crippen LogP contribution in [0.3, 0.4) is 0 Å². The molecule has 1 aliphatic heterocycles. The van der Waals surface area contributed by atoms with Crippen LogP contribution in [-0.4, -0.2) is 32.3 Å². The molecule has 156 valence electrons. The molecule has 2 aromatic carbocycles. The van der Waals surface area contributed by atoms with Gasteiger partial charge in [0.2, 0.25) is 0 Å². The van der Waals surface area contributed by atoms with E-state index in [0.717, 1.165) is 17.1 Å². The van der Waals surface area contributed by atoms with Gasteiger partial charge in [-0.05, 0) is 56.3 Å². The molecule has 0 aliphatic carbocycles. The predicted octanol–water partition coefficient (Wildman–Crippen LogP) is 3.39. The molecule has 3 aromatic rings. The van der Waals surface area contributed by atoms with Crippen molar-refractivity contribution in [2.24, 2.45) is 0 Å². The van der Waals surface area contributed by atoms with Gasteiger partial charge in [0.25, 0.3) is 0 Å². The van der Waals surface area contributed by atoms with Gasteiger partial charge in [0.1, 0.15) is 23.3 Å². The normalized spacial score (nSPS) is 19.0. The van der Waals surface area contributed by atoms with Gasteiger partial charge >= 0.3 is 0 Å². The lowest BCUT2D eigenvalue weighted by molar-refractivity contribution is -0.0590. The lowest BCUT2D eigenvalue weighted by Gasteiger charge is -2.47. The fraction of sp³-hybridized carbons (Fsp3) is 0.273. The minimum atomic E-state index is -0.852. The zero-order chi connectivity index (χ0) is 20.6. The molecule has 0 fully saturated rings. The largest absolute Gasteiger partial charge is 0.485 e. The number of anilines is 1. The van der Waals surface area contributed by atoms with Gasteiger partial charge in [-0.3, -0.25) is 0 Å². The number of benzene rings is 2. The summed E-state index contributed by atoms with van der Waals surface area (Å²) < 4.78 is 6.07. The SMILES string of the molecule is CC1(C)Oc2ccc(C#N)cc2C(N(Cc2ncc[nH]2)c2ccc(Cl)cc2)C1O.O. The fourth-order valence-corrected chi connectivity index (χ4v) is 3.83. The van der Waals surface area contributed by atoms with E-state index in [1.54, 1.807) is 30.6 Å². The summed E-state index contributed by atoms with van der Waals surface area (Å²) in [6.07, 6.45) is 2.61. The molecule has 2 heterocycles. The number of aliphatic hydroxyl groups is 1. The van der Waals surface area contributed by atoms with Crippen molar-refractivity contribution in [2.45, 2.75) is 38.1 Å². The molecule has 0 amide bonds. The highest BCUT2D eigenvalue weighted by Crippen LogP contribution is 2.45. The number of hydrogen-bond donors (Lipinski definition) is 2. The lowest BCUT2D eigenvalue weighted by Crippen LogP contribution is -2.53. The molecule has 7 nitrogen and oxygen atoms in total. The summed E-state index contributed by atoms with van der Waals surface area (Å²) in [6, 6.07) is 14.5. The number of H-pyrrole nitrogens is 1. The van der Waals surface area contributed by atoms with E-state index in [0.29, 0.717) is 22.9 Å². The van der Waals surface area contributed by atoms with Crippen LogP contribution in [0.4, 0.5) is 5.69 Å². The number of hydrogen-bond acceptors (Lipinski definition) is 5. The number of ether oxygens (including phenoxy) is 1. The molecule has 0 saturated carbocycles. The Kier molecular flexibility index (Phi) is 6.04. The summed E-state index contributed by atoms with van der Waals surface area (Å²) in [5, 5.41) is 21.3. The standard InChI is InChI=1S/C22H21ClN4O2.H2O/c1-22(2)21(28)20(17-11-14(12-24)3-8-18(17)29-22)27(13-19-25-9-10-26-19)16-6-4-15(23)5-7-16;/h3-11,20-21,28H,13H2,1-2H3,(H,25,26);1H2. The predicted molar refractivity (Wildman–Crippen MR) is 114 cm³/mol. The van der Waals surface area contributed by atoms with Gasteiger partial charge in [-0.1, -0.05) is 11.6 Å². The van der Waals surface area contributed by atoms with E-state index in [1.165, 1.54) is 0 Å². The maximum absolute atomic E-state index is 11.3. The quantitative estimate of drug-likeness (QED) is 0.663. The number of nitrogens with zero attached hydrogens (tertiary/aromatic N) is 3. The third-order valence-electron chi connectivity index (χ3n) is 5.21. The molecule has 4 N–H and O–H groups in total. The third kappa shape index (κ3) is 3.98. The van der Waals surface area contributed by atoms with E-state index in [2.05, 4.69) is 20.9 Å². The number of rotatable bonds is 4. The van der Waals surface area contributed by atoms with Crippen molar-refractivity contribution < 1.29 is 15.3 Å². The van der Waals surface area contributed by atoms with Crippen LogP contribution in [0.5, 0.6) is 5.75 Å². The first-order valence-corrected chi connectivity index (χ1v) is 9.68. The summed E-state index contributed by atoms with van der Waals surface area (Å²) in [4.78, 5) is 9.54. The molecule has 0 saturated heterocycles. The van der Waals surface area contributed by atoms with Gasteiger partial charge in [-0.2, -0.15) is 5.26 Å². The zero-order valence-corrected chi connectivity index (χ0v) is 17.4. The molecular formula is C22H23ClN4O3. The fourth-order valence-electron chi connectivity index (χ4n) is 3.70. The molecule has 4 rings (SSSR count). The minimum Gasteiger partial charge on any atom is -0.485 e. The van der Waals surface area contributed by atoms with Crippen LogP contribution in [0.25, 0.3) is 0 Å². The van der Waals surface area contributed by atoms with Crippen molar-refractivity contribution in [3.8, 4) is 11.8 Å². The Morgan fingerprint density at radius 3 is 2.63 bits per heavy atom. The Morgan fingerprint density at radius 2 is 2.00 bits per heavy atom. The van der Waals surface area contributed by atoms with Crippen molar-refractivity contribution in [3.05, 3.63) is 76.8 Å². The molecule has 30 heavy (non-hydrogen) atoms. The number of nitriles is 1. The van der Waals surface area contributed by atoms with Gasteiger partial charge < -0.3 is 25.2 Å². The van der Waals surface area contributed by atoms with E-state index in [9.17, 15) is 10.4 Å². The lowest BCUT2D eigenvalue weighted by atomic mass is 9.84. The number of aliphatic hydroxyl groups excluding tert-OH is 1. The van der Waals surface area contributed by atoms with Crippen LogP contribution < -0.4 is 9.64 Å². The van der Waals surface area contributed by atoms with E-state index in [-0.39, 0.29) is 5.48 Å². The van der Waals surface area contributed by atoms with Crippen molar-refractivity contribution in [1.29, 1.82) is 5.26 Å². The van der Waals surface area contributed by atoms with Crippen LogP contribution in [0.15, 0.2) is 54.9 Å². The summed E-state index contributed by atoms with van der Waals surface area (Å²) in [6.45, 7) is 4.15.